The number of phenolic OH excluding ortho intramolecular Hbond substituents is 1. The smallest absolute Gasteiger partial charge is 0.341 e. The van der Waals surface area contributed by atoms with Gasteiger partial charge in [0.05, 0.1) is 23.3 Å². The lowest BCUT2D eigenvalue weighted by Gasteiger charge is -2.12. The van der Waals surface area contributed by atoms with E-state index in [1.807, 2.05) is 5.43 Å². The molecule has 3 rings (SSSR count). The Kier molecular flexibility index (Phi) is 7.15. The van der Waals surface area contributed by atoms with Crippen molar-refractivity contribution in [1.29, 1.82) is 0 Å². The lowest BCUT2D eigenvalue weighted by Crippen LogP contribution is -2.32. The highest BCUT2D eigenvalue weighted by molar-refractivity contribution is 7.17. The minimum atomic E-state index is -1.12. The molecule has 1 heterocycles. The fourth-order valence-electron chi connectivity index (χ4n) is 3.20. The van der Waals surface area contributed by atoms with Crippen LogP contribution in [0.1, 0.15) is 46.1 Å². The number of nitrogens with one attached hydrogen (secondary N) is 2. The molecule has 0 radical (unpaired) electrons. The maximum absolute atomic E-state index is 12.4. The summed E-state index contributed by atoms with van der Waals surface area (Å²) >= 11 is 1.24. The van der Waals surface area contributed by atoms with Gasteiger partial charge in [-0.3, -0.25) is 19.7 Å². The standard InChI is InChI=1S/C20H20N4O7S/c1-2-31-20(28)16-13-5-3-4-6-15(13)32-19(16)22-17(26)18(27)23-21-10-11-9-12(24(29)30)7-8-14(11)25/h7-10,25H,2-6H2,1H3,(H,22,26)(H,23,27)/b21-10+. The molecule has 1 aliphatic carbocycles. The van der Waals surface area contributed by atoms with Gasteiger partial charge in [0.1, 0.15) is 10.8 Å². The van der Waals surface area contributed by atoms with Crippen LogP contribution < -0.4 is 10.7 Å². The number of hydrogen-bond acceptors (Lipinski definition) is 9. The minimum Gasteiger partial charge on any atom is -0.507 e. The van der Waals surface area contributed by atoms with Crippen molar-refractivity contribution in [3.8, 4) is 5.75 Å². The Hall–Kier alpha value is -3.80. The van der Waals surface area contributed by atoms with Crippen molar-refractivity contribution in [2.75, 3.05) is 11.9 Å². The average molecular weight is 460 g/mol. The molecule has 0 spiro atoms. The third-order valence-electron chi connectivity index (χ3n) is 4.68. The summed E-state index contributed by atoms with van der Waals surface area (Å²) in [6, 6.07) is 3.29. The van der Waals surface area contributed by atoms with Gasteiger partial charge in [0.15, 0.2) is 0 Å². The number of anilines is 1. The number of nitro benzene ring substituents is 1. The van der Waals surface area contributed by atoms with Crippen molar-refractivity contribution < 1.29 is 29.2 Å². The first-order chi connectivity index (χ1) is 15.3. The van der Waals surface area contributed by atoms with Gasteiger partial charge in [-0.05, 0) is 44.2 Å². The van der Waals surface area contributed by atoms with E-state index >= 15 is 0 Å². The lowest BCUT2D eigenvalue weighted by atomic mass is 9.95. The molecule has 0 saturated carbocycles. The maximum Gasteiger partial charge on any atom is 0.341 e. The quantitative estimate of drug-likeness (QED) is 0.196. The van der Waals surface area contributed by atoms with E-state index in [1.165, 1.54) is 11.3 Å². The zero-order chi connectivity index (χ0) is 23.3. The summed E-state index contributed by atoms with van der Waals surface area (Å²) in [5, 5.41) is 26.8. The van der Waals surface area contributed by atoms with Gasteiger partial charge in [0, 0.05) is 22.6 Å². The van der Waals surface area contributed by atoms with Gasteiger partial charge in [-0.15, -0.1) is 11.3 Å². The largest absolute Gasteiger partial charge is 0.507 e. The van der Waals surface area contributed by atoms with Gasteiger partial charge >= 0.3 is 17.8 Å². The van der Waals surface area contributed by atoms with E-state index in [9.17, 15) is 29.6 Å². The number of hydrazone groups is 1. The van der Waals surface area contributed by atoms with Crippen LogP contribution in [0.25, 0.3) is 0 Å². The highest BCUT2D eigenvalue weighted by atomic mass is 32.1. The zero-order valence-corrected chi connectivity index (χ0v) is 17.9. The molecule has 2 amide bonds. The molecular weight excluding hydrogens is 440 g/mol. The number of ether oxygens (including phenoxy) is 1. The highest BCUT2D eigenvalue weighted by Crippen LogP contribution is 2.38. The van der Waals surface area contributed by atoms with Gasteiger partial charge in [-0.1, -0.05) is 0 Å². The fourth-order valence-corrected chi connectivity index (χ4v) is 4.48. The Morgan fingerprint density at radius 1 is 1.28 bits per heavy atom. The van der Waals surface area contributed by atoms with Crippen LogP contribution in [0.4, 0.5) is 10.7 Å². The molecule has 0 aliphatic heterocycles. The highest BCUT2D eigenvalue weighted by Gasteiger charge is 2.28. The SMILES string of the molecule is CCOC(=O)c1c(NC(=O)C(=O)N/N=C/c2cc([N+](=O)[O-])ccc2O)sc2c1CCCC2. The number of hydrogen-bond donors (Lipinski definition) is 3. The Balaban J connectivity index is 1.71. The van der Waals surface area contributed by atoms with Crippen molar-refractivity contribution in [1.82, 2.24) is 5.43 Å². The Labute approximate surface area is 186 Å². The monoisotopic (exact) mass is 460 g/mol. The topological polar surface area (TPSA) is 160 Å². The second-order valence-electron chi connectivity index (χ2n) is 6.79. The van der Waals surface area contributed by atoms with Crippen LogP contribution in [0.2, 0.25) is 0 Å². The predicted molar refractivity (Wildman–Crippen MR) is 116 cm³/mol. The van der Waals surface area contributed by atoms with Gasteiger partial charge < -0.3 is 15.2 Å². The number of rotatable bonds is 6. The Morgan fingerprint density at radius 2 is 2.03 bits per heavy atom. The van der Waals surface area contributed by atoms with Crippen LogP contribution in [0.5, 0.6) is 5.75 Å². The number of aromatic hydroxyl groups is 1. The first-order valence-corrected chi connectivity index (χ1v) is 10.6. The third kappa shape index (κ3) is 5.09. The minimum absolute atomic E-state index is 0.0181. The van der Waals surface area contributed by atoms with Crippen molar-refractivity contribution in [3.63, 3.8) is 0 Å². The van der Waals surface area contributed by atoms with Gasteiger partial charge in [0.2, 0.25) is 0 Å². The molecule has 12 heteroatoms. The summed E-state index contributed by atoms with van der Waals surface area (Å²) in [6.45, 7) is 1.86. The van der Waals surface area contributed by atoms with E-state index in [1.54, 1.807) is 6.92 Å². The van der Waals surface area contributed by atoms with E-state index in [4.69, 9.17) is 4.74 Å². The van der Waals surface area contributed by atoms with E-state index in [2.05, 4.69) is 10.4 Å². The molecule has 2 aromatic rings. The summed E-state index contributed by atoms with van der Waals surface area (Å²) < 4.78 is 5.11. The molecule has 11 nitrogen and oxygen atoms in total. The molecular formula is C20H20N4O7S. The molecule has 168 valence electrons. The van der Waals surface area contributed by atoms with Crippen LogP contribution in [-0.2, 0) is 27.2 Å². The molecule has 1 aromatic carbocycles. The number of benzene rings is 1. The Morgan fingerprint density at radius 3 is 2.75 bits per heavy atom. The number of carbonyl (C=O) groups is 3. The molecule has 0 atom stereocenters. The van der Waals surface area contributed by atoms with Crippen molar-refractivity contribution in [2.24, 2.45) is 5.10 Å². The van der Waals surface area contributed by atoms with E-state index in [-0.39, 0.29) is 34.2 Å². The first kappa shape index (κ1) is 22.9. The molecule has 0 fully saturated rings. The number of phenols is 1. The molecule has 0 bridgehead atoms. The number of aryl methyl sites for hydroxylation is 1. The second kappa shape index (κ2) is 10.0. The number of fused-ring (bicyclic) bond motifs is 1. The van der Waals surface area contributed by atoms with Gasteiger partial charge in [-0.25, -0.2) is 10.2 Å². The number of carbonyl (C=O) groups excluding carboxylic acids is 3. The Bertz CT molecular complexity index is 1110. The van der Waals surface area contributed by atoms with Crippen molar-refractivity contribution in [3.05, 3.63) is 49.9 Å². The number of nitrogens with zero attached hydrogens (tertiary/aromatic N) is 2. The van der Waals surface area contributed by atoms with E-state index in [0.717, 1.165) is 54.1 Å². The van der Waals surface area contributed by atoms with Crippen molar-refractivity contribution >= 4 is 46.0 Å². The number of esters is 1. The van der Waals surface area contributed by atoms with Gasteiger partial charge in [0.25, 0.3) is 5.69 Å². The summed E-state index contributed by atoms with van der Waals surface area (Å²) in [6.07, 6.45) is 4.35. The molecule has 0 saturated heterocycles. The number of amides is 2. The normalized spacial score (nSPS) is 12.8. The molecule has 3 N–H and O–H groups in total. The summed E-state index contributed by atoms with van der Waals surface area (Å²) in [7, 11) is 0. The fraction of sp³-hybridized carbons (Fsp3) is 0.300. The zero-order valence-electron chi connectivity index (χ0n) is 17.0. The van der Waals surface area contributed by atoms with Crippen LogP contribution in [0, 0.1) is 10.1 Å². The van der Waals surface area contributed by atoms with E-state index in [0.29, 0.717) is 6.42 Å². The van der Waals surface area contributed by atoms with Crippen LogP contribution in [0.3, 0.4) is 0 Å². The third-order valence-corrected chi connectivity index (χ3v) is 5.88. The molecule has 32 heavy (non-hydrogen) atoms. The van der Waals surface area contributed by atoms with Crippen LogP contribution in [-0.4, -0.2) is 40.6 Å². The number of nitro groups is 1. The summed E-state index contributed by atoms with van der Waals surface area (Å²) in [4.78, 5) is 48.0. The van der Waals surface area contributed by atoms with E-state index < -0.39 is 22.7 Å². The van der Waals surface area contributed by atoms with Crippen molar-refractivity contribution in [2.45, 2.75) is 32.6 Å². The molecule has 1 aromatic heterocycles. The van der Waals surface area contributed by atoms with Gasteiger partial charge in [-0.2, -0.15) is 5.10 Å². The average Bonchev–Trinajstić information content (AvgIpc) is 3.12. The number of non-ortho nitro benzene ring substituents is 1. The molecule has 0 unspecified atom stereocenters. The summed E-state index contributed by atoms with van der Waals surface area (Å²) in [5.41, 5.74) is 2.81. The second-order valence-corrected chi connectivity index (χ2v) is 7.89. The summed E-state index contributed by atoms with van der Waals surface area (Å²) in [5.74, 6) is -3.01. The molecule has 1 aliphatic rings. The first-order valence-electron chi connectivity index (χ1n) is 9.75. The predicted octanol–water partition coefficient (Wildman–Crippen LogP) is 2.51. The number of thiophene rings is 1. The van der Waals surface area contributed by atoms with Crippen LogP contribution >= 0.6 is 11.3 Å². The lowest BCUT2D eigenvalue weighted by molar-refractivity contribution is -0.384. The maximum atomic E-state index is 12.4. The van der Waals surface area contributed by atoms with Crippen LogP contribution in [0.15, 0.2) is 23.3 Å².